The molecule has 0 aliphatic rings. The summed E-state index contributed by atoms with van der Waals surface area (Å²) < 4.78 is 0. The van der Waals surface area contributed by atoms with Crippen molar-refractivity contribution in [1.29, 1.82) is 0 Å². The highest BCUT2D eigenvalue weighted by molar-refractivity contribution is 6.29. The molecule has 0 saturated heterocycles. The fourth-order valence-corrected chi connectivity index (χ4v) is 2.26. The van der Waals surface area contributed by atoms with E-state index in [1.807, 2.05) is 30.3 Å². The summed E-state index contributed by atoms with van der Waals surface area (Å²) in [5, 5.41) is 1.58. The van der Waals surface area contributed by atoms with E-state index in [1.54, 1.807) is 12.3 Å². The molecule has 0 aliphatic heterocycles. The second-order valence-corrected chi connectivity index (χ2v) is 5.39. The zero-order chi connectivity index (χ0) is 14.1. The number of hydrogen-bond acceptors (Lipinski definition) is 3. The highest BCUT2D eigenvalue weighted by Crippen LogP contribution is 2.25. The van der Waals surface area contributed by atoms with Crippen molar-refractivity contribution in [2.45, 2.75) is 19.8 Å². The summed E-state index contributed by atoms with van der Waals surface area (Å²) in [7, 11) is 0. The molecule has 3 rings (SSSR count). The molecule has 0 radical (unpaired) electrons. The van der Waals surface area contributed by atoms with E-state index >= 15 is 0 Å². The maximum atomic E-state index is 6.10. The summed E-state index contributed by atoms with van der Waals surface area (Å²) in [6, 6.07) is 11.9. The molecule has 0 fully saturated rings. The van der Waals surface area contributed by atoms with Crippen LogP contribution in [0.3, 0.4) is 0 Å². The summed E-state index contributed by atoms with van der Waals surface area (Å²) in [4.78, 5) is 13.2. The van der Waals surface area contributed by atoms with Crippen LogP contribution >= 0.6 is 11.6 Å². The van der Waals surface area contributed by atoms with E-state index in [2.05, 4.69) is 28.8 Å². The van der Waals surface area contributed by atoms with E-state index in [0.29, 0.717) is 5.15 Å². The lowest BCUT2D eigenvalue weighted by atomic mass is 10.1. The summed E-state index contributed by atoms with van der Waals surface area (Å²) in [6.45, 7) is 4.11. The Hall–Kier alpha value is -2.00. The molecular formula is C16H14ClN3. The van der Waals surface area contributed by atoms with Crippen LogP contribution in [0.2, 0.25) is 5.15 Å². The third-order valence-electron chi connectivity index (χ3n) is 3.13. The summed E-state index contributed by atoms with van der Waals surface area (Å²) in [6.07, 6.45) is 1.79. The van der Waals surface area contributed by atoms with E-state index < -0.39 is 0 Å². The third kappa shape index (κ3) is 2.49. The largest absolute Gasteiger partial charge is 0.256 e. The molecule has 0 N–H and O–H groups in total. The molecule has 2 aromatic heterocycles. The Kier molecular flexibility index (Phi) is 3.36. The van der Waals surface area contributed by atoms with Crippen molar-refractivity contribution < 1.29 is 0 Å². The predicted molar refractivity (Wildman–Crippen MR) is 81.9 cm³/mol. The van der Waals surface area contributed by atoms with Gasteiger partial charge < -0.3 is 0 Å². The molecule has 0 aliphatic carbocycles. The molecule has 0 bridgehead atoms. The Morgan fingerprint density at radius 2 is 1.90 bits per heavy atom. The van der Waals surface area contributed by atoms with E-state index in [-0.39, 0.29) is 5.92 Å². The number of rotatable bonds is 2. The van der Waals surface area contributed by atoms with Crippen LogP contribution in [0.25, 0.3) is 22.2 Å². The van der Waals surface area contributed by atoms with Gasteiger partial charge >= 0.3 is 0 Å². The van der Waals surface area contributed by atoms with E-state index in [1.165, 1.54) is 0 Å². The molecule has 0 spiro atoms. The number of fused-ring (bicyclic) bond motifs is 1. The third-order valence-corrected chi connectivity index (χ3v) is 3.32. The van der Waals surface area contributed by atoms with Crippen LogP contribution in [0, 0.1) is 0 Å². The molecule has 20 heavy (non-hydrogen) atoms. The number of benzene rings is 1. The second-order valence-electron chi connectivity index (χ2n) is 5.00. The zero-order valence-electron chi connectivity index (χ0n) is 11.3. The molecule has 1 aromatic carbocycles. The molecule has 4 heteroatoms. The number of pyridine rings is 1. The standard InChI is InChI=1S/C16H14ClN3/c1-10(2)16-19-14(9-15(17)20-16)12-6-5-11-4-3-7-18-13(11)8-12/h3-10H,1-2H3. The first-order valence-corrected chi connectivity index (χ1v) is 6.91. The Bertz CT molecular complexity index is 769. The van der Waals surface area contributed by atoms with Crippen LogP contribution in [0.4, 0.5) is 0 Å². The first kappa shape index (κ1) is 13.0. The van der Waals surface area contributed by atoms with Gasteiger partial charge in [-0.05, 0) is 12.1 Å². The van der Waals surface area contributed by atoms with Gasteiger partial charge in [-0.1, -0.05) is 43.6 Å². The van der Waals surface area contributed by atoms with Gasteiger partial charge in [0.15, 0.2) is 0 Å². The molecule has 0 unspecified atom stereocenters. The SMILES string of the molecule is CC(C)c1nc(Cl)cc(-c2ccc3cccnc3c2)n1. The average Bonchev–Trinajstić information content (AvgIpc) is 2.46. The lowest BCUT2D eigenvalue weighted by molar-refractivity contribution is 0.776. The summed E-state index contributed by atoms with van der Waals surface area (Å²) in [5.74, 6) is 1.000. The summed E-state index contributed by atoms with van der Waals surface area (Å²) in [5.41, 5.74) is 2.79. The van der Waals surface area contributed by atoms with Gasteiger partial charge in [0.25, 0.3) is 0 Å². The molecule has 0 amide bonds. The van der Waals surface area contributed by atoms with Gasteiger partial charge in [0.05, 0.1) is 11.2 Å². The molecule has 3 aromatic rings. The first-order valence-electron chi connectivity index (χ1n) is 6.53. The lowest BCUT2D eigenvalue weighted by Crippen LogP contribution is -1.99. The minimum Gasteiger partial charge on any atom is -0.256 e. The van der Waals surface area contributed by atoms with Gasteiger partial charge in [0, 0.05) is 29.1 Å². The monoisotopic (exact) mass is 283 g/mol. The highest BCUT2D eigenvalue weighted by Gasteiger charge is 2.09. The highest BCUT2D eigenvalue weighted by atomic mass is 35.5. The number of aromatic nitrogens is 3. The molecule has 100 valence electrons. The van der Waals surface area contributed by atoms with Gasteiger partial charge in [-0.15, -0.1) is 0 Å². The topological polar surface area (TPSA) is 38.7 Å². The zero-order valence-corrected chi connectivity index (χ0v) is 12.1. The molecule has 3 nitrogen and oxygen atoms in total. The first-order chi connectivity index (χ1) is 9.63. The van der Waals surface area contributed by atoms with Crippen LogP contribution in [0.15, 0.2) is 42.6 Å². The number of hydrogen-bond donors (Lipinski definition) is 0. The van der Waals surface area contributed by atoms with E-state index in [9.17, 15) is 0 Å². The van der Waals surface area contributed by atoms with Crippen molar-refractivity contribution >= 4 is 22.5 Å². The van der Waals surface area contributed by atoms with Crippen molar-refractivity contribution in [3.8, 4) is 11.3 Å². The maximum Gasteiger partial charge on any atom is 0.133 e. The van der Waals surface area contributed by atoms with Crippen molar-refractivity contribution in [3.63, 3.8) is 0 Å². The minimum atomic E-state index is 0.242. The Balaban J connectivity index is 2.15. The average molecular weight is 284 g/mol. The van der Waals surface area contributed by atoms with Crippen molar-refractivity contribution in [2.24, 2.45) is 0 Å². The Morgan fingerprint density at radius 1 is 1.05 bits per heavy atom. The van der Waals surface area contributed by atoms with Crippen molar-refractivity contribution in [1.82, 2.24) is 15.0 Å². The fourth-order valence-electron chi connectivity index (χ4n) is 2.07. The van der Waals surface area contributed by atoms with Crippen LogP contribution in [0.5, 0.6) is 0 Å². The Morgan fingerprint density at radius 3 is 2.70 bits per heavy atom. The van der Waals surface area contributed by atoms with Crippen molar-refractivity contribution in [3.05, 3.63) is 53.6 Å². The molecule has 0 atom stereocenters. The van der Waals surface area contributed by atoms with Crippen LogP contribution in [-0.4, -0.2) is 15.0 Å². The van der Waals surface area contributed by atoms with E-state index in [4.69, 9.17) is 11.6 Å². The van der Waals surface area contributed by atoms with E-state index in [0.717, 1.165) is 28.0 Å². The minimum absolute atomic E-state index is 0.242. The van der Waals surface area contributed by atoms with Gasteiger partial charge in [-0.3, -0.25) is 4.98 Å². The predicted octanol–water partition coefficient (Wildman–Crippen LogP) is 4.47. The number of nitrogens with zero attached hydrogens (tertiary/aromatic N) is 3. The number of halogens is 1. The lowest BCUT2D eigenvalue weighted by Gasteiger charge is -2.08. The summed E-state index contributed by atoms with van der Waals surface area (Å²) >= 11 is 6.10. The normalized spacial score (nSPS) is 11.2. The van der Waals surface area contributed by atoms with Gasteiger partial charge in [0.1, 0.15) is 11.0 Å². The second kappa shape index (κ2) is 5.17. The molecule has 2 heterocycles. The quantitative estimate of drug-likeness (QED) is 0.651. The van der Waals surface area contributed by atoms with Crippen LogP contribution < -0.4 is 0 Å². The smallest absolute Gasteiger partial charge is 0.133 e. The maximum absolute atomic E-state index is 6.10. The molecule has 0 saturated carbocycles. The molecular weight excluding hydrogens is 270 g/mol. The van der Waals surface area contributed by atoms with Crippen LogP contribution in [0.1, 0.15) is 25.6 Å². The fraction of sp³-hybridized carbons (Fsp3) is 0.188. The van der Waals surface area contributed by atoms with Gasteiger partial charge in [0.2, 0.25) is 0 Å². The van der Waals surface area contributed by atoms with Crippen LogP contribution in [-0.2, 0) is 0 Å². The Labute approximate surface area is 122 Å². The van der Waals surface area contributed by atoms with Gasteiger partial charge in [-0.25, -0.2) is 9.97 Å². The van der Waals surface area contributed by atoms with Gasteiger partial charge in [-0.2, -0.15) is 0 Å². The van der Waals surface area contributed by atoms with Crippen molar-refractivity contribution in [2.75, 3.05) is 0 Å².